The first kappa shape index (κ1) is 15.8. The molecule has 2 rings (SSSR count). The van der Waals surface area contributed by atoms with Gasteiger partial charge in [0.1, 0.15) is 11.8 Å². The minimum Gasteiger partial charge on any atom is -0.482 e. The summed E-state index contributed by atoms with van der Waals surface area (Å²) in [6.45, 7) is 4.58. The van der Waals surface area contributed by atoms with Crippen LogP contribution in [0.2, 0.25) is 0 Å². The van der Waals surface area contributed by atoms with Crippen LogP contribution in [0.3, 0.4) is 0 Å². The summed E-state index contributed by atoms with van der Waals surface area (Å²) in [4.78, 5) is 15.1. The molecule has 0 saturated heterocycles. The highest BCUT2D eigenvalue weighted by molar-refractivity contribution is 7.09. The third kappa shape index (κ3) is 4.21. The molecular formula is C17H16N2O2S. The second kappa shape index (κ2) is 8.01. The highest BCUT2D eigenvalue weighted by atomic mass is 32.1. The highest BCUT2D eigenvalue weighted by Gasteiger charge is 2.14. The molecule has 2 aromatic rings. The number of carbonyl (C=O) groups excluding carboxylic acids is 1. The lowest BCUT2D eigenvalue weighted by Crippen LogP contribution is -2.34. The van der Waals surface area contributed by atoms with Crippen LogP contribution in [0.25, 0.3) is 0 Å². The van der Waals surface area contributed by atoms with Crippen LogP contribution in [0.1, 0.15) is 10.4 Å². The van der Waals surface area contributed by atoms with Gasteiger partial charge in [-0.1, -0.05) is 24.3 Å². The Morgan fingerprint density at radius 3 is 2.86 bits per heavy atom. The predicted octanol–water partition coefficient (Wildman–Crippen LogP) is 3.21. The van der Waals surface area contributed by atoms with Crippen molar-refractivity contribution >= 4 is 17.2 Å². The Morgan fingerprint density at radius 2 is 2.18 bits per heavy atom. The van der Waals surface area contributed by atoms with E-state index in [0.717, 1.165) is 4.88 Å². The number of carbonyl (C=O) groups is 1. The number of para-hydroxylation sites is 1. The Bertz CT molecular complexity index is 674. The SMILES string of the molecule is C=CCN(Cc1cccs1)C(=O)COc1ccccc1C#N. The van der Waals surface area contributed by atoms with Gasteiger partial charge in [0.25, 0.3) is 5.91 Å². The fourth-order valence-corrected chi connectivity index (χ4v) is 2.64. The maximum Gasteiger partial charge on any atom is 0.261 e. The molecule has 0 unspecified atom stereocenters. The molecule has 0 fully saturated rings. The largest absolute Gasteiger partial charge is 0.482 e. The molecule has 1 heterocycles. The third-order valence-electron chi connectivity index (χ3n) is 2.99. The van der Waals surface area contributed by atoms with E-state index in [0.29, 0.717) is 24.4 Å². The summed E-state index contributed by atoms with van der Waals surface area (Å²) in [6.07, 6.45) is 1.69. The Balaban J connectivity index is 1.99. The number of rotatable bonds is 7. The summed E-state index contributed by atoms with van der Waals surface area (Å²) in [7, 11) is 0. The molecule has 0 radical (unpaired) electrons. The van der Waals surface area contributed by atoms with Gasteiger partial charge in [-0.25, -0.2) is 0 Å². The third-order valence-corrected chi connectivity index (χ3v) is 3.85. The molecule has 22 heavy (non-hydrogen) atoms. The van der Waals surface area contributed by atoms with Gasteiger partial charge in [0.05, 0.1) is 12.1 Å². The lowest BCUT2D eigenvalue weighted by molar-refractivity contribution is -0.133. The lowest BCUT2D eigenvalue weighted by Gasteiger charge is -2.20. The predicted molar refractivity (Wildman–Crippen MR) is 86.6 cm³/mol. The van der Waals surface area contributed by atoms with Crippen molar-refractivity contribution in [2.45, 2.75) is 6.54 Å². The van der Waals surface area contributed by atoms with Crippen LogP contribution in [0.4, 0.5) is 0 Å². The topological polar surface area (TPSA) is 53.3 Å². The minimum absolute atomic E-state index is 0.0993. The molecule has 1 aromatic heterocycles. The molecule has 5 heteroatoms. The quantitative estimate of drug-likeness (QED) is 0.738. The fraction of sp³-hybridized carbons (Fsp3) is 0.176. The molecule has 1 aromatic carbocycles. The van der Waals surface area contributed by atoms with Crippen molar-refractivity contribution in [2.75, 3.05) is 13.2 Å². The number of hydrogen-bond donors (Lipinski definition) is 0. The van der Waals surface area contributed by atoms with Crippen LogP contribution in [0.15, 0.2) is 54.4 Å². The number of ether oxygens (including phenoxy) is 1. The van der Waals surface area contributed by atoms with Gasteiger partial charge in [-0.15, -0.1) is 17.9 Å². The summed E-state index contributed by atoms with van der Waals surface area (Å²) in [5.74, 6) is 0.286. The molecule has 0 saturated carbocycles. The molecule has 0 atom stereocenters. The first-order valence-corrected chi connectivity index (χ1v) is 7.65. The van der Waals surface area contributed by atoms with Crippen LogP contribution in [-0.4, -0.2) is 24.0 Å². The van der Waals surface area contributed by atoms with E-state index in [1.54, 1.807) is 46.6 Å². The number of nitriles is 1. The van der Waals surface area contributed by atoms with Crippen LogP contribution >= 0.6 is 11.3 Å². The Kier molecular flexibility index (Phi) is 5.75. The highest BCUT2D eigenvalue weighted by Crippen LogP contribution is 2.17. The van der Waals surface area contributed by atoms with Crippen molar-refractivity contribution in [3.63, 3.8) is 0 Å². The zero-order valence-electron chi connectivity index (χ0n) is 12.1. The van der Waals surface area contributed by atoms with Crippen LogP contribution in [-0.2, 0) is 11.3 Å². The molecular weight excluding hydrogens is 296 g/mol. The van der Waals surface area contributed by atoms with Crippen LogP contribution < -0.4 is 4.74 Å². The van der Waals surface area contributed by atoms with Crippen LogP contribution in [0, 0.1) is 11.3 Å². The second-order valence-corrected chi connectivity index (χ2v) is 5.57. The summed E-state index contributed by atoms with van der Waals surface area (Å²) >= 11 is 1.60. The molecule has 0 N–H and O–H groups in total. The number of hydrogen-bond acceptors (Lipinski definition) is 4. The second-order valence-electron chi connectivity index (χ2n) is 4.54. The molecule has 1 amide bonds. The molecule has 0 aliphatic heterocycles. The van der Waals surface area contributed by atoms with E-state index in [1.165, 1.54) is 0 Å². The lowest BCUT2D eigenvalue weighted by atomic mass is 10.2. The van der Waals surface area contributed by atoms with Gasteiger partial charge >= 0.3 is 0 Å². The Labute approximate surface area is 133 Å². The first-order chi connectivity index (χ1) is 10.7. The van der Waals surface area contributed by atoms with E-state index in [9.17, 15) is 4.79 Å². The van der Waals surface area contributed by atoms with Crippen molar-refractivity contribution in [3.05, 3.63) is 64.9 Å². The van der Waals surface area contributed by atoms with Gasteiger partial charge in [-0.3, -0.25) is 4.79 Å². The van der Waals surface area contributed by atoms with Crippen molar-refractivity contribution in [1.29, 1.82) is 5.26 Å². The number of benzene rings is 1. The van der Waals surface area contributed by atoms with Gasteiger partial charge in [-0.2, -0.15) is 5.26 Å². The minimum atomic E-state index is -0.138. The average molecular weight is 312 g/mol. The number of thiophene rings is 1. The Hall–Kier alpha value is -2.58. The van der Waals surface area contributed by atoms with E-state index in [4.69, 9.17) is 10.00 Å². The van der Waals surface area contributed by atoms with Crippen molar-refractivity contribution in [2.24, 2.45) is 0 Å². The van der Waals surface area contributed by atoms with Crippen LogP contribution in [0.5, 0.6) is 5.75 Å². The van der Waals surface area contributed by atoms with Gasteiger partial charge in [-0.05, 0) is 23.6 Å². The molecule has 112 valence electrons. The average Bonchev–Trinajstić information content (AvgIpc) is 3.05. The van der Waals surface area contributed by atoms with E-state index in [1.807, 2.05) is 23.6 Å². The van der Waals surface area contributed by atoms with Gasteiger partial charge in [0, 0.05) is 11.4 Å². The summed E-state index contributed by atoms with van der Waals surface area (Å²) in [5.41, 5.74) is 0.420. The molecule has 0 aliphatic carbocycles. The van der Waals surface area contributed by atoms with E-state index in [2.05, 4.69) is 6.58 Å². The van der Waals surface area contributed by atoms with E-state index in [-0.39, 0.29) is 12.5 Å². The van der Waals surface area contributed by atoms with Crippen molar-refractivity contribution in [3.8, 4) is 11.8 Å². The Morgan fingerprint density at radius 1 is 1.36 bits per heavy atom. The zero-order chi connectivity index (χ0) is 15.8. The normalized spacial score (nSPS) is 9.77. The monoisotopic (exact) mass is 312 g/mol. The van der Waals surface area contributed by atoms with Gasteiger partial charge in [0.2, 0.25) is 0 Å². The maximum atomic E-state index is 12.3. The number of amides is 1. The molecule has 0 aliphatic rings. The summed E-state index contributed by atoms with van der Waals surface area (Å²) in [5, 5.41) is 11.0. The smallest absolute Gasteiger partial charge is 0.261 e. The molecule has 0 spiro atoms. The number of nitrogens with zero attached hydrogens (tertiary/aromatic N) is 2. The molecule has 0 bridgehead atoms. The van der Waals surface area contributed by atoms with Gasteiger partial charge < -0.3 is 9.64 Å². The van der Waals surface area contributed by atoms with E-state index < -0.39 is 0 Å². The summed E-state index contributed by atoms with van der Waals surface area (Å²) in [6, 6.07) is 12.9. The zero-order valence-corrected chi connectivity index (χ0v) is 12.9. The fourth-order valence-electron chi connectivity index (χ4n) is 1.92. The van der Waals surface area contributed by atoms with Crippen molar-refractivity contribution in [1.82, 2.24) is 4.90 Å². The van der Waals surface area contributed by atoms with Crippen molar-refractivity contribution < 1.29 is 9.53 Å². The van der Waals surface area contributed by atoms with Gasteiger partial charge in [0.15, 0.2) is 6.61 Å². The first-order valence-electron chi connectivity index (χ1n) is 6.77. The maximum absolute atomic E-state index is 12.3. The summed E-state index contributed by atoms with van der Waals surface area (Å²) < 4.78 is 5.49. The van der Waals surface area contributed by atoms with E-state index >= 15 is 0 Å². The standard InChI is InChI=1S/C17H16N2O2S/c1-2-9-19(12-15-7-5-10-22-15)17(20)13-21-16-8-4-3-6-14(16)11-18/h2-8,10H,1,9,12-13H2. The molecule has 4 nitrogen and oxygen atoms in total.